The third-order valence-electron chi connectivity index (χ3n) is 1.96. The third-order valence-corrected chi connectivity index (χ3v) is 2.35. The van der Waals surface area contributed by atoms with Crippen LogP contribution in [-0.4, -0.2) is 36.8 Å². The molecule has 4 N–H and O–H groups in total. The van der Waals surface area contributed by atoms with E-state index in [0.717, 1.165) is 12.1 Å². The highest BCUT2D eigenvalue weighted by Gasteiger charge is 2.14. The number of phenolic OH excluding ortho intramolecular Hbond substituents is 1. The van der Waals surface area contributed by atoms with Crippen LogP contribution in [0.1, 0.15) is 11.7 Å². The molecule has 0 fully saturated rings. The van der Waals surface area contributed by atoms with Gasteiger partial charge in [-0.05, 0) is 24.7 Å². The van der Waals surface area contributed by atoms with Crippen LogP contribution in [0.2, 0.25) is 0 Å². The molecular formula is C9H13NO6S. The number of rotatable bonds is 5. The van der Waals surface area contributed by atoms with E-state index in [1.165, 1.54) is 6.07 Å². The molecule has 0 aromatic heterocycles. The van der Waals surface area contributed by atoms with Gasteiger partial charge in [-0.3, -0.25) is 4.55 Å². The van der Waals surface area contributed by atoms with Crippen LogP contribution in [0, 0.1) is 0 Å². The van der Waals surface area contributed by atoms with Crippen LogP contribution in [0.4, 0.5) is 0 Å². The van der Waals surface area contributed by atoms with Gasteiger partial charge in [-0.2, -0.15) is 8.42 Å². The van der Waals surface area contributed by atoms with Crippen molar-refractivity contribution in [3.63, 3.8) is 0 Å². The molecule has 0 saturated carbocycles. The zero-order valence-electron chi connectivity index (χ0n) is 8.99. The van der Waals surface area contributed by atoms with E-state index in [4.69, 9.17) is 4.55 Å². The van der Waals surface area contributed by atoms with E-state index in [0.29, 0.717) is 5.56 Å². The summed E-state index contributed by atoms with van der Waals surface area (Å²) in [5.74, 6) is -0.900. The maximum absolute atomic E-state index is 10.4. The van der Waals surface area contributed by atoms with Crippen molar-refractivity contribution in [3.05, 3.63) is 23.8 Å². The van der Waals surface area contributed by atoms with E-state index >= 15 is 0 Å². The van der Waals surface area contributed by atoms with E-state index in [-0.39, 0.29) is 6.54 Å². The molecule has 0 aliphatic carbocycles. The lowest BCUT2D eigenvalue weighted by molar-refractivity contribution is 0.177. The van der Waals surface area contributed by atoms with E-state index in [9.17, 15) is 18.6 Å². The van der Waals surface area contributed by atoms with Crippen LogP contribution in [0.3, 0.4) is 0 Å². The van der Waals surface area contributed by atoms with Crippen LogP contribution in [-0.2, 0) is 10.4 Å². The smallest absolute Gasteiger partial charge is 0.446 e. The third kappa shape index (κ3) is 4.19. The Labute approximate surface area is 98.6 Å². The number of aliphatic hydroxyl groups is 1. The highest BCUT2D eigenvalue weighted by molar-refractivity contribution is 7.81. The minimum atomic E-state index is -4.68. The van der Waals surface area contributed by atoms with Crippen LogP contribution < -0.4 is 9.50 Å². The number of aromatic hydroxyl groups is 1. The quantitative estimate of drug-likeness (QED) is 0.545. The summed E-state index contributed by atoms with van der Waals surface area (Å²) in [6.45, 7) is 0.276. The second kappa shape index (κ2) is 5.32. The van der Waals surface area contributed by atoms with Crippen molar-refractivity contribution in [2.24, 2.45) is 0 Å². The first-order valence-electron chi connectivity index (χ1n) is 4.66. The van der Waals surface area contributed by atoms with Gasteiger partial charge in [0.2, 0.25) is 0 Å². The van der Waals surface area contributed by atoms with E-state index in [1.54, 1.807) is 7.05 Å². The molecule has 96 valence electrons. The lowest BCUT2D eigenvalue weighted by Gasteiger charge is -2.11. The Morgan fingerprint density at radius 1 is 1.47 bits per heavy atom. The highest BCUT2D eigenvalue weighted by Crippen LogP contribution is 2.29. The summed E-state index contributed by atoms with van der Waals surface area (Å²) in [6.07, 6.45) is -0.842. The number of likely N-dealkylation sites (N-methyl/N-ethyl adjacent to an activating group) is 1. The second-order valence-electron chi connectivity index (χ2n) is 3.31. The summed E-state index contributed by atoms with van der Waals surface area (Å²) in [5.41, 5.74) is 0.388. The molecule has 0 unspecified atom stereocenters. The standard InChI is InChI=1S/C9H13NO6S/c1-10-5-8(12)6-2-3-9(7(11)4-6)16-17(13,14)15/h2-4,8,10-12H,5H2,1H3,(H,13,14,15)/t8-/m0/s1. The van der Waals surface area contributed by atoms with Crippen molar-refractivity contribution in [1.29, 1.82) is 0 Å². The molecule has 0 spiro atoms. The van der Waals surface area contributed by atoms with Crippen LogP contribution in [0.5, 0.6) is 11.5 Å². The maximum atomic E-state index is 10.4. The summed E-state index contributed by atoms with van der Waals surface area (Å²) in [4.78, 5) is 0. The molecule has 0 radical (unpaired) electrons. The predicted octanol–water partition coefficient (Wildman–Crippen LogP) is -0.173. The van der Waals surface area contributed by atoms with Crippen molar-refractivity contribution in [2.45, 2.75) is 6.10 Å². The van der Waals surface area contributed by atoms with Gasteiger partial charge in [0.15, 0.2) is 11.5 Å². The lowest BCUT2D eigenvalue weighted by atomic mass is 10.1. The Kier molecular flexibility index (Phi) is 4.29. The summed E-state index contributed by atoms with van der Waals surface area (Å²) in [7, 11) is -3.03. The molecular weight excluding hydrogens is 250 g/mol. The van der Waals surface area contributed by atoms with Crippen LogP contribution in [0.15, 0.2) is 18.2 Å². The Balaban J connectivity index is 2.94. The molecule has 0 amide bonds. The van der Waals surface area contributed by atoms with Gasteiger partial charge in [0.05, 0.1) is 6.10 Å². The Morgan fingerprint density at radius 3 is 2.59 bits per heavy atom. The zero-order chi connectivity index (χ0) is 13.1. The monoisotopic (exact) mass is 263 g/mol. The first kappa shape index (κ1) is 13.7. The molecule has 17 heavy (non-hydrogen) atoms. The minimum absolute atomic E-state index is 0.276. The molecule has 0 aliphatic heterocycles. The fraction of sp³-hybridized carbons (Fsp3) is 0.333. The summed E-state index contributed by atoms with van der Waals surface area (Å²) < 4.78 is 33.4. The van der Waals surface area contributed by atoms with Gasteiger partial charge in [0, 0.05) is 6.54 Å². The van der Waals surface area contributed by atoms with Crippen molar-refractivity contribution >= 4 is 10.4 Å². The SMILES string of the molecule is CNC[C@H](O)c1ccc(OS(=O)(=O)O)c(O)c1. The molecule has 7 nitrogen and oxygen atoms in total. The molecule has 1 rings (SSSR count). The predicted molar refractivity (Wildman–Crippen MR) is 59.2 cm³/mol. The number of nitrogens with one attached hydrogen (secondary N) is 1. The summed E-state index contributed by atoms with van der Waals surface area (Å²) in [6, 6.07) is 3.67. The van der Waals surface area contributed by atoms with Gasteiger partial charge >= 0.3 is 10.4 Å². The largest absolute Gasteiger partial charge is 0.504 e. The topological polar surface area (TPSA) is 116 Å². The van der Waals surface area contributed by atoms with Gasteiger partial charge in [-0.15, -0.1) is 0 Å². The van der Waals surface area contributed by atoms with Crippen LogP contribution >= 0.6 is 0 Å². The number of hydrogen-bond acceptors (Lipinski definition) is 6. The Bertz CT molecular complexity index is 486. The van der Waals surface area contributed by atoms with Gasteiger partial charge in [0.1, 0.15) is 0 Å². The first-order chi connectivity index (χ1) is 7.83. The number of aliphatic hydroxyl groups excluding tert-OH is 1. The average Bonchev–Trinajstić information content (AvgIpc) is 2.19. The van der Waals surface area contributed by atoms with E-state index in [2.05, 4.69) is 9.50 Å². The molecule has 1 aromatic carbocycles. The molecule has 0 heterocycles. The van der Waals surface area contributed by atoms with E-state index < -0.39 is 28.0 Å². The van der Waals surface area contributed by atoms with Crippen molar-refractivity contribution in [3.8, 4) is 11.5 Å². The maximum Gasteiger partial charge on any atom is 0.446 e. The molecule has 0 saturated heterocycles. The van der Waals surface area contributed by atoms with E-state index in [1.807, 2.05) is 0 Å². The molecule has 0 aliphatic rings. The Hall–Kier alpha value is -1.35. The van der Waals surface area contributed by atoms with Gasteiger partial charge in [-0.1, -0.05) is 6.07 Å². The molecule has 1 atom stereocenters. The average molecular weight is 263 g/mol. The minimum Gasteiger partial charge on any atom is -0.504 e. The molecule has 1 aromatic rings. The van der Waals surface area contributed by atoms with Crippen molar-refractivity contribution < 1.29 is 27.4 Å². The second-order valence-corrected chi connectivity index (χ2v) is 4.33. The van der Waals surface area contributed by atoms with Crippen molar-refractivity contribution in [1.82, 2.24) is 5.32 Å². The van der Waals surface area contributed by atoms with Gasteiger partial charge in [0.25, 0.3) is 0 Å². The molecule has 0 bridgehead atoms. The Morgan fingerprint density at radius 2 is 2.12 bits per heavy atom. The van der Waals surface area contributed by atoms with Crippen LogP contribution in [0.25, 0.3) is 0 Å². The highest BCUT2D eigenvalue weighted by atomic mass is 32.3. The molecule has 8 heteroatoms. The fourth-order valence-corrected chi connectivity index (χ4v) is 1.60. The number of benzene rings is 1. The number of phenols is 1. The zero-order valence-corrected chi connectivity index (χ0v) is 9.81. The first-order valence-corrected chi connectivity index (χ1v) is 6.02. The number of hydrogen-bond donors (Lipinski definition) is 4. The normalized spacial score (nSPS) is 13.4. The lowest BCUT2D eigenvalue weighted by Crippen LogP contribution is -2.16. The summed E-state index contributed by atoms with van der Waals surface area (Å²) >= 11 is 0. The van der Waals surface area contributed by atoms with Crippen molar-refractivity contribution in [2.75, 3.05) is 13.6 Å². The van der Waals surface area contributed by atoms with Gasteiger partial charge < -0.3 is 19.7 Å². The fourth-order valence-electron chi connectivity index (χ4n) is 1.24. The summed E-state index contributed by atoms with van der Waals surface area (Å²) in [5, 5.41) is 21.8. The van der Waals surface area contributed by atoms with Gasteiger partial charge in [-0.25, -0.2) is 0 Å².